The Balaban J connectivity index is 1.87. The number of halogens is 1. The molecule has 1 aromatic carbocycles. The average Bonchev–Trinajstić information content (AvgIpc) is 2.43. The number of hydrogen-bond donors (Lipinski definition) is 1. The Bertz CT molecular complexity index is 308. The summed E-state index contributed by atoms with van der Waals surface area (Å²) >= 11 is 0. The highest BCUT2D eigenvalue weighted by molar-refractivity contribution is 5.15. The summed E-state index contributed by atoms with van der Waals surface area (Å²) < 4.78 is 12.7. The normalized spacial score (nSPS) is 10.8. The smallest absolute Gasteiger partial charge is 0.123 e. The summed E-state index contributed by atoms with van der Waals surface area (Å²) in [5.41, 5.74) is 1.22. The number of benzene rings is 1. The summed E-state index contributed by atoms with van der Waals surface area (Å²) in [6, 6.07) is 6.84. The van der Waals surface area contributed by atoms with E-state index >= 15 is 0 Å². The molecule has 0 saturated heterocycles. The number of aryl methyl sites for hydroxylation is 1. The Morgan fingerprint density at radius 3 is 2.21 bits per heavy atom. The third-order valence-electron chi connectivity index (χ3n) is 3.44. The topological polar surface area (TPSA) is 12.0 Å². The molecule has 108 valence electrons. The molecule has 0 bridgehead atoms. The number of unbranched alkanes of at least 4 members (excludes halogenated alkanes) is 5. The first-order valence-corrected chi connectivity index (χ1v) is 7.78. The predicted molar refractivity (Wildman–Crippen MR) is 81.0 cm³/mol. The van der Waals surface area contributed by atoms with Gasteiger partial charge in [0.1, 0.15) is 5.82 Å². The van der Waals surface area contributed by atoms with Crippen LogP contribution in [0.15, 0.2) is 24.3 Å². The van der Waals surface area contributed by atoms with Crippen LogP contribution in [0.1, 0.15) is 57.4 Å². The lowest BCUT2D eigenvalue weighted by Crippen LogP contribution is -2.17. The number of hydrogen-bond acceptors (Lipinski definition) is 1. The third kappa shape index (κ3) is 8.77. The largest absolute Gasteiger partial charge is 0.317 e. The van der Waals surface area contributed by atoms with Gasteiger partial charge >= 0.3 is 0 Å². The molecule has 1 nitrogen and oxygen atoms in total. The van der Waals surface area contributed by atoms with Gasteiger partial charge in [0, 0.05) is 0 Å². The second-order valence-electron chi connectivity index (χ2n) is 5.25. The zero-order chi connectivity index (χ0) is 13.8. The summed E-state index contributed by atoms with van der Waals surface area (Å²) in [6.07, 6.45) is 10.3. The van der Waals surface area contributed by atoms with E-state index in [4.69, 9.17) is 0 Å². The van der Waals surface area contributed by atoms with Crippen molar-refractivity contribution in [3.8, 4) is 0 Å². The molecule has 0 aromatic heterocycles. The molecule has 0 amide bonds. The van der Waals surface area contributed by atoms with Gasteiger partial charge in [0.15, 0.2) is 0 Å². The second kappa shape index (κ2) is 11.0. The lowest BCUT2D eigenvalue weighted by atomic mass is 10.1. The summed E-state index contributed by atoms with van der Waals surface area (Å²) in [5.74, 6) is -0.148. The van der Waals surface area contributed by atoms with E-state index < -0.39 is 0 Å². The van der Waals surface area contributed by atoms with Gasteiger partial charge in [-0.05, 0) is 50.0 Å². The first-order chi connectivity index (χ1) is 9.33. The minimum Gasteiger partial charge on any atom is -0.317 e. The molecule has 0 fully saturated rings. The van der Waals surface area contributed by atoms with Crippen LogP contribution in [0.3, 0.4) is 0 Å². The van der Waals surface area contributed by atoms with Gasteiger partial charge in [-0.15, -0.1) is 0 Å². The molecule has 0 unspecified atom stereocenters. The van der Waals surface area contributed by atoms with Gasteiger partial charge < -0.3 is 5.32 Å². The molecular formula is C17H28FN. The first kappa shape index (κ1) is 16.2. The Morgan fingerprint density at radius 2 is 1.47 bits per heavy atom. The van der Waals surface area contributed by atoms with E-state index in [1.54, 1.807) is 12.1 Å². The molecular weight excluding hydrogens is 237 g/mol. The average molecular weight is 265 g/mol. The molecule has 0 heterocycles. The summed E-state index contributed by atoms with van der Waals surface area (Å²) in [7, 11) is 0. The maximum absolute atomic E-state index is 12.7. The number of nitrogens with one attached hydrogen (secondary N) is 1. The van der Waals surface area contributed by atoms with Crippen LogP contribution in [0.25, 0.3) is 0 Å². The molecule has 0 spiro atoms. The van der Waals surface area contributed by atoms with E-state index in [9.17, 15) is 4.39 Å². The minimum atomic E-state index is -0.148. The monoisotopic (exact) mass is 265 g/mol. The zero-order valence-corrected chi connectivity index (χ0v) is 12.3. The highest BCUT2D eigenvalue weighted by Gasteiger charge is 1.95. The highest BCUT2D eigenvalue weighted by Crippen LogP contribution is 2.05. The lowest BCUT2D eigenvalue weighted by molar-refractivity contribution is 0.565. The summed E-state index contributed by atoms with van der Waals surface area (Å²) in [4.78, 5) is 0. The minimum absolute atomic E-state index is 0.148. The fraction of sp³-hybridized carbons (Fsp3) is 0.647. The quantitative estimate of drug-likeness (QED) is 0.571. The van der Waals surface area contributed by atoms with Crippen molar-refractivity contribution in [3.05, 3.63) is 35.6 Å². The Labute approximate surface area is 117 Å². The molecule has 2 heteroatoms. The van der Waals surface area contributed by atoms with Gasteiger partial charge in [-0.1, -0.05) is 51.2 Å². The standard InChI is InChI=1S/C17H28FN/c1-2-3-4-5-6-7-14-19-15-8-9-16-10-12-17(18)13-11-16/h10-13,19H,2-9,14-15H2,1H3. The zero-order valence-electron chi connectivity index (χ0n) is 12.3. The van der Waals surface area contributed by atoms with Crippen molar-refractivity contribution in [1.82, 2.24) is 5.32 Å². The first-order valence-electron chi connectivity index (χ1n) is 7.78. The Kier molecular flexibility index (Phi) is 9.34. The van der Waals surface area contributed by atoms with Gasteiger partial charge in [0.2, 0.25) is 0 Å². The van der Waals surface area contributed by atoms with Crippen molar-refractivity contribution in [1.29, 1.82) is 0 Å². The van der Waals surface area contributed by atoms with Crippen LogP contribution in [0, 0.1) is 5.82 Å². The van der Waals surface area contributed by atoms with Crippen LogP contribution in [-0.4, -0.2) is 13.1 Å². The van der Waals surface area contributed by atoms with Gasteiger partial charge in [-0.2, -0.15) is 0 Å². The van der Waals surface area contributed by atoms with Gasteiger partial charge in [0.05, 0.1) is 0 Å². The predicted octanol–water partition coefficient (Wildman–Crippen LogP) is 4.71. The molecule has 0 aliphatic rings. The van der Waals surface area contributed by atoms with Gasteiger partial charge in [-0.25, -0.2) is 4.39 Å². The van der Waals surface area contributed by atoms with Crippen LogP contribution in [0.5, 0.6) is 0 Å². The van der Waals surface area contributed by atoms with Crippen LogP contribution < -0.4 is 5.32 Å². The highest BCUT2D eigenvalue weighted by atomic mass is 19.1. The van der Waals surface area contributed by atoms with Crippen LogP contribution in [0.2, 0.25) is 0 Å². The summed E-state index contributed by atoms with van der Waals surface area (Å²) in [6.45, 7) is 4.45. The van der Waals surface area contributed by atoms with Crippen molar-refractivity contribution in [2.45, 2.75) is 58.3 Å². The maximum atomic E-state index is 12.7. The molecule has 0 saturated carbocycles. The van der Waals surface area contributed by atoms with E-state index in [2.05, 4.69) is 12.2 Å². The second-order valence-corrected chi connectivity index (χ2v) is 5.25. The van der Waals surface area contributed by atoms with E-state index in [1.165, 1.54) is 44.1 Å². The van der Waals surface area contributed by atoms with Crippen molar-refractivity contribution in [2.24, 2.45) is 0 Å². The fourth-order valence-electron chi connectivity index (χ4n) is 2.22. The van der Waals surface area contributed by atoms with Crippen LogP contribution >= 0.6 is 0 Å². The third-order valence-corrected chi connectivity index (χ3v) is 3.44. The van der Waals surface area contributed by atoms with E-state index in [0.717, 1.165) is 25.9 Å². The molecule has 0 aliphatic carbocycles. The maximum Gasteiger partial charge on any atom is 0.123 e. The lowest BCUT2D eigenvalue weighted by Gasteiger charge is -2.05. The van der Waals surface area contributed by atoms with E-state index in [0.29, 0.717) is 0 Å². The van der Waals surface area contributed by atoms with E-state index in [1.807, 2.05) is 12.1 Å². The Hall–Kier alpha value is -0.890. The van der Waals surface area contributed by atoms with Crippen LogP contribution in [-0.2, 0) is 6.42 Å². The molecule has 1 aromatic rings. The van der Waals surface area contributed by atoms with Gasteiger partial charge in [-0.3, -0.25) is 0 Å². The van der Waals surface area contributed by atoms with Crippen LogP contribution in [0.4, 0.5) is 4.39 Å². The molecule has 0 atom stereocenters. The van der Waals surface area contributed by atoms with Gasteiger partial charge in [0.25, 0.3) is 0 Å². The molecule has 0 radical (unpaired) electrons. The van der Waals surface area contributed by atoms with Crippen molar-refractivity contribution >= 4 is 0 Å². The molecule has 0 aliphatic heterocycles. The SMILES string of the molecule is CCCCCCCCNCCCc1ccc(F)cc1. The molecule has 1 N–H and O–H groups in total. The molecule has 19 heavy (non-hydrogen) atoms. The Morgan fingerprint density at radius 1 is 0.842 bits per heavy atom. The van der Waals surface area contributed by atoms with Crippen molar-refractivity contribution in [2.75, 3.05) is 13.1 Å². The van der Waals surface area contributed by atoms with Crippen molar-refractivity contribution < 1.29 is 4.39 Å². The van der Waals surface area contributed by atoms with Crippen molar-refractivity contribution in [3.63, 3.8) is 0 Å². The molecule has 1 rings (SSSR count). The fourth-order valence-corrected chi connectivity index (χ4v) is 2.22. The number of rotatable bonds is 11. The summed E-state index contributed by atoms with van der Waals surface area (Å²) in [5, 5.41) is 3.48. The van der Waals surface area contributed by atoms with E-state index in [-0.39, 0.29) is 5.82 Å².